The molecule has 3 aliphatic rings. The van der Waals surface area contributed by atoms with Crippen molar-refractivity contribution in [3.05, 3.63) is 131 Å². The molecule has 0 saturated carbocycles. The molecule has 0 aliphatic carbocycles. The van der Waals surface area contributed by atoms with Crippen LogP contribution in [-0.4, -0.2) is 64.4 Å². The van der Waals surface area contributed by atoms with E-state index in [0.717, 1.165) is 9.80 Å². The zero-order chi connectivity index (χ0) is 32.1. The Balaban J connectivity index is 1.20. The first kappa shape index (κ1) is 28.8. The van der Waals surface area contributed by atoms with Gasteiger partial charge < -0.3 is 9.80 Å². The summed E-state index contributed by atoms with van der Waals surface area (Å²) in [5.74, 6) is -2.97. The maximum Gasteiger partial charge on any atom is 0.262 e. The van der Waals surface area contributed by atoms with Crippen LogP contribution in [0, 0.1) is 0 Å². The van der Waals surface area contributed by atoms with E-state index >= 15 is 0 Å². The lowest BCUT2D eigenvalue weighted by Crippen LogP contribution is -2.52. The summed E-state index contributed by atoms with van der Waals surface area (Å²) in [7, 11) is 0. The van der Waals surface area contributed by atoms with Crippen LogP contribution in [0.25, 0.3) is 0 Å². The van der Waals surface area contributed by atoms with Crippen LogP contribution in [0.1, 0.15) is 66.4 Å². The van der Waals surface area contributed by atoms with Crippen molar-refractivity contribution in [2.24, 2.45) is 0 Å². The highest BCUT2D eigenvalue weighted by Crippen LogP contribution is 2.42. The number of carbonyl (C=O) groups excluding carboxylic acids is 6. The third-order valence-electron chi connectivity index (χ3n) is 8.79. The quantitative estimate of drug-likeness (QED) is 0.297. The Morgan fingerprint density at radius 1 is 0.630 bits per heavy atom. The second-order valence-corrected chi connectivity index (χ2v) is 11.5. The number of anilines is 2. The second kappa shape index (κ2) is 11.2. The van der Waals surface area contributed by atoms with Gasteiger partial charge in [0.15, 0.2) is 0 Å². The van der Waals surface area contributed by atoms with Gasteiger partial charge >= 0.3 is 0 Å². The molecule has 4 aromatic carbocycles. The Hall–Kier alpha value is -5.90. The molecule has 46 heavy (non-hydrogen) atoms. The van der Waals surface area contributed by atoms with Gasteiger partial charge in [-0.25, -0.2) is 0 Å². The average molecular weight is 613 g/mol. The summed E-state index contributed by atoms with van der Waals surface area (Å²) in [6.07, 6.45) is 0.313. The van der Waals surface area contributed by atoms with Gasteiger partial charge in [0.1, 0.15) is 13.1 Å². The third kappa shape index (κ3) is 4.57. The molecule has 0 bridgehead atoms. The van der Waals surface area contributed by atoms with Crippen molar-refractivity contribution >= 4 is 46.8 Å². The van der Waals surface area contributed by atoms with Gasteiger partial charge in [-0.2, -0.15) is 0 Å². The number of amides is 6. The van der Waals surface area contributed by atoms with Gasteiger partial charge in [-0.05, 0) is 61.4 Å². The van der Waals surface area contributed by atoms with Crippen LogP contribution in [0.3, 0.4) is 0 Å². The summed E-state index contributed by atoms with van der Waals surface area (Å²) in [5.41, 5.74) is 2.84. The number of fused-ring (bicyclic) bond motifs is 3. The van der Waals surface area contributed by atoms with E-state index in [0.29, 0.717) is 23.4 Å². The minimum Gasteiger partial charge on any atom is -0.308 e. The number of hydrogen-bond acceptors (Lipinski definition) is 6. The second-order valence-electron chi connectivity index (χ2n) is 11.5. The molecule has 4 aromatic rings. The molecule has 3 aliphatic heterocycles. The highest BCUT2D eigenvalue weighted by Gasteiger charge is 2.43. The molecule has 6 amide bonds. The fourth-order valence-corrected chi connectivity index (χ4v) is 6.68. The molecular weight excluding hydrogens is 584 g/mol. The van der Waals surface area contributed by atoms with E-state index in [4.69, 9.17) is 0 Å². The van der Waals surface area contributed by atoms with E-state index in [9.17, 15) is 28.8 Å². The zero-order valence-corrected chi connectivity index (χ0v) is 24.8. The lowest BCUT2D eigenvalue weighted by Gasteiger charge is -2.44. The van der Waals surface area contributed by atoms with E-state index in [1.54, 1.807) is 94.7 Å². The standard InChI is InChI=1S/C36H28N4O6/c1-22-19-30(40(23-11-3-2-4-12-23)32(42)21-38-35(45)26-15-7-8-16-27(26)36(38)46)28-17-9-10-18-29(28)39(22)31(41)20-37-33(43)24-13-5-6-14-25(24)34(37)44/h2-18,22,30H,19-21H2,1H3. The molecule has 0 saturated heterocycles. The predicted molar refractivity (Wildman–Crippen MR) is 168 cm³/mol. The van der Waals surface area contributed by atoms with Gasteiger partial charge in [0.25, 0.3) is 23.6 Å². The molecule has 0 radical (unpaired) electrons. The Morgan fingerprint density at radius 3 is 1.63 bits per heavy atom. The fourth-order valence-electron chi connectivity index (χ4n) is 6.68. The highest BCUT2D eigenvalue weighted by atomic mass is 16.2. The maximum absolute atomic E-state index is 14.2. The smallest absolute Gasteiger partial charge is 0.262 e. The Labute approximate surface area is 264 Å². The molecule has 10 nitrogen and oxygen atoms in total. The first-order chi connectivity index (χ1) is 22.3. The van der Waals surface area contributed by atoms with Crippen LogP contribution < -0.4 is 9.80 Å². The molecule has 3 heterocycles. The van der Waals surface area contributed by atoms with E-state index in [-0.39, 0.29) is 22.3 Å². The topological polar surface area (TPSA) is 115 Å². The van der Waals surface area contributed by atoms with Crippen LogP contribution in [0.5, 0.6) is 0 Å². The number of hydrogen-bond donors (Lipinski definition) is 0. The van der Waals surface area contributed by atoms with Gasteiger partial charge in [0.2, 0.25) is 11.8 Å². The lowest BCUT2D eigenvalue weighted by atomic mass is 9.89. The summed E-state index contributed by atoms with van der Waals surface area (Å²) in [6, 6.07) is 28.2. The molecule has 0 spiro atoms. The molecule has 10 heteroatoms. The maximum atomic E-state index is 14.2. The Bertz CT molecular complexity index is 1890. The van der Waals surface area contributed by atoms with Crippen LogP contribution >= 0.6 is 0 Å². The Kier molecular flexibility index (Phi) is 7.04. The predicted octanol–water partition coefficient (Wildman–Crippen LogP) is 4.48. The first-order valence-electron chi connectivity index (χ1n) is 14.9. The van der Waals surface area contributed by atoms with Gasteiger partial charge in [-0.3, -0.25) is 38.6 Å². The van der Waals surface area contributed by atoms with Crippen LogP contribution in [0.4, 0.5) is 11.4 Å². The van der Waals surface area contributed by atoms with E-state index in [1.807, 2.05) is 25.1 Å². The highest BCUT2D eigenvalue weighted by molar-refractivity contribution is 6.23. The summed E-state index contributed by atoms with van der Waals surface area (Å²) in [5, 5.41) is 0. The van der Waals surface area contributed by atoms with Crippen LogP contribution in [0.15, 0.2) is 103 Å². The van der Waals surface area contributed by atoms with Gasteiger partial charge in [-0.15, -0.1) is 0 Å². The van der Waals surface area contributed by atoms with Crippen molar-refractivity contribution < 1.29 is 28.8 Å². The molecule has 228 valence electrons. The minimum atomic E-state index is -0.556. The van der Waals surface area contributed by atoms with Crippen molar-refractivity contribution in [3.63, 3.8) is 0 Å². The molecule has 0 aromatic heterocycles. The number of imide groups is 2. The normalized spacial score (nSPS) is 18.4. The van der Waals surface area contributed by atoms with Gasteiger partial charge in [0.05, 0.1) is 28.3 Å². The number of benzene rings is 4. The lowest BCUT2D eigenvalue weighted by molar-refractivity contribution is -0.119. The SMILES string of the molecule is CC1CC(N(C(=O)CN2C(=O)c3ccccc3C2=O)c2ccccc2)c2ccccc2N1C(=O)CN1C(=O)c2ccccc2C1=O. The summed E-state index contributed by atoms with van der Waals surface area (Å²) >= 11 is 0. The number of para-hydroxylation sites is 2. The number of nitrogens with zero attached hydrogens (tertiary/aromatic N) is 4. The van der Waals surface area contributed by atoms with Gasteiger partial charge in [0, 0.05) is 17.4 Å². The van der Waals surface area contributed by atoms with E-state index in [1.165, 1.54) is 0 Å². The van der Waals surface area contributed by atoms with Crippen molar-refractivity contribution in [3.8, 4) is 0 Å². The zero-order valence-electron chi connectivity index (χ0n) is 24.8. The summed E-state index contributed by atoms with van der Waals surface area (Å²) in [4.78, 5) is 85.5. The number of carbonyl (C=O) groups is 6. The van der Waals surface area contributed by atoms with E-state index in [2.05, 4.69) is 0 Å². The largest absolute Gasteiger partial charge is 0.308 e. The molecule has 7 rings (SSSR count). The van der Waals surface area contributed by atoms with Crippen molar-refractivity contribution in [2.75, 3.05) is 22.9 Å². The van der Waals surface area contributed by atoms with Crippen molar-refractivity contribution in [2.45, 2.75) is 25.4 Å². The minimum absolute atomic E-state index is 0.260. The monoisotopic (exact) mass is 612 g/mol. The fraction of sp³-hybridized carbons (Fsp3) is 0.167. The third-order valence-corrected chi connectivity index (χ3v) is 8.79. The molecular formula is C36H28N4O6. The summed E-state index contributed by atoms with van der Waals surface area (Å²) < 4.78 is 0. The van der Waals surface area contributed by atoms with Crippen molar-refractivity contribution in [1.29, 1.82) is 0 Å². The van der Waals surface area contributed by atoms with Crippen LogP contribution in [-0.2, 0) is 9.59 Å². The summed E-state index contributed by atoms with van der Waals surface area (Å²) in [6.45, 7) is 0.953. The Morgan fingerprint density at radius 2 is 1.09 bits per heavy atom. The number of rotatable bonds is 6. The first-order valence-corrected chi connectivity index (χ1v) is 14.9. The molecule has 2 atom stereocenters. The van der Waals surface area contributed by atoms with Crippen LogP contribution in [0.2, 0.25) is 0 Å². The van der Waals surface area contributed by atoms with E-state index < -0.39 is 60.6 Å². The average Bonchev–Trinajstić information content (AvgIpc) is 3.45. The van der Waals surface area contributed by atoms with Gasteiger partial charge in [-0.1, -0.05) is 60.7 Å². The molecule has 0 N–H and O–H groups in total. The molecule has 2 unspecified atom stereocenters. The van der Waals surface area contributed by atoms with Crippen molar-refractivity contribution in [1.82, 2.24) is 9.80 Å². The molecule has 0 fully saturated rings.